The van der Waals surface area contributed by atoms with Gasteiger partial charge < -0.3 is 5.32 Å². The molecule has 0 spiro atoms. The van der Waals surface area contributed by atoms with Gasteiger partial charge in [0.2, 0.25) is 10.0 Å². The van der Waals surface area contributed by atoms with Crippen molar-refractivity contribution >= 4 is 31.9 Å². The van der Waals surface area contributed by atoms with Gasteiger partial charge >= 0.3 is 0 Å². The minimum absolute atomic E-state index is 0.0595. The summed E-state index contributed by atoms with van der Waals surface area (Å²) in [5.41, 5.74) is -0.133. The molecule has 1 amide bonds. The summed E-state index contributed by atoms with van der Waals surface area (Å²) in [5.74, 6) is -1.47. The minimum Gasteiger partial charge on any atom is -0.355 e. The Balaban J connectivity index is 3.56. The van der Waals surface area contributed by atoms with Gasteiger partial charge in [-0.05, 0) is 28.1 Å². The second-order valence-electron chi connectivity index (χ2n) is 2.89. The van der Waals surface area contributed by atoms with Crippen molar-refractivity contribution in [3.63, 3.8) is 0 Å². The molecule has 1 aromatic carbocycles. The lowest BCUT2D eigenvalue weighted by atomic mass is 10.2. The molecule has 0 saturated heterocycles. The van der Waals surface area contributed by atoms with Crippen molar-refractivity contribution in [2.75, 3.05) is 7.05 Å². The molecule has 0 aliphatic carbocycles. The van der Waals surface area contributed by atoms with E-state index in [1.807, 2.05) is 0 Å². The minimum atomic E-state index is -4.09. The third kappa shape index (κ3) is 2.57. The van der Waals surface area contributed by atoms with E-state index in [0.717, 1.165) is 12.1 Å². The molecular weight excluding hydrogens is 303 g/mol. The molecule has 3 N–H and O–H groups in total. The van der Waals surface area contributed by atoms with Crippen LogP contribution < -0.4 is 10.5 Å². The maximum Gasteiger partial charge on any atom is 0.252 e. The van der Waals surface area contributed by atoms with Crippen LogP contribution in [0.5, 0.6) is 0 Å². The van der Waals surface area contributed by atoms with Crippen LogP contribution in [0.4, 0.5) is 4.39 Å². The van der Waals surface area contributed by atoms with Gasteiger partial charge in [0.15, 0.2) is 0 Å². The lowest BCUT2D eigenvalue weighted by Crippen LogP contribution is -2.21. The Bertz CT molecular complexity index is 544. The van der Waals surface area contributed by atoms with E-state index in [4.69, 9.17) is 5.14 Å². The van der Waals surface area contributed by atoms with Crippen molar-refractivity contribution in [3.05, 3.63) is 28.0 Å². The van der Waals surface area contributed by atoms with Crippen molar-refractivity contribution in [1.29, 1.82) is 0 Å². The highest BCUT2D eigenvalue weighted by Crippen LogP contribution is 2.26. The number of carbonyl (C=O) groups is 1. The molecule has 0 radical (unpaired) electrons. The first-order valence-corrected chi connectivity index (χ1v) is 6.35. The van der Waals surface area contributed by atoms with Crippen LogP contribution in [0.15, 0.2) is 21.5 Å². The van der Waals surface area contributed by atoms with Gasteiger partial charge in [0.25, 0.3) is 5.91 Å². The van der Waals surface area contributed by atoms with E-state index in [0.29, 0.717) is 0 Å². The van der Waals surface area contributed by atoms with E-state index in [-0.39, 0.29) is 10.0 Å². The molecule has 8 heteroatoms. The first-order chi connectivity index (χ1) is 7.27. The van der Waals surface area contributed by atoms with E-state index in [2.05, 4.69) is 21.2 Å². The molecule has 0 atom stereocenters. The zero-order chi connectivity index (χ0) is 12.5. The SMILES string of the molecule is CNC(=O)c1cc(F)cc(S(N)(=O)=O)c1Br. The van der Waals surface area contributed by atoms with Gasteiger partial charge in [-0.15, -0.1) is 0 Å². The molecule has 1 aromatic rings. The molecule has 0 aliphatic heterocycles. The van der Waals surface area contributed by atoms with Crippen molar-refractivity contribution < 1.29 is 17.6 Å². The molecule has 88 valence electrons. The van der Waals surface area contributed by atoms with Crippen LogP contribution in [0.25, 0.3) is 0 Å². The molecular formula is C8H8BrFN2O3S. The summed E-state index contributed by atoms with van der Waals surface area (Å²) < 4.78 is 35.3. The van der Waals surface area contributed by atoms with Crippen LogP contribution in [-0.4, -0.2) is 21.4 Å². The van der Waals surface area contributed by atoms with Crippen LogP contribution in [0.2, 0.25) is 0 Å². The number of halogens is 2. The molecule has 0 unspecified atom stereocenters. The number of sulfonamides is 1. The summed E-state index contributed by atoms with van der Waals surface area (Å²) in [4.78, 5) is 10.9. The van der Waals surface area contributed by atoms with Crippen molar-refractivity contribution in [2.45, 2.75) is 4.90 Å². The molecule has 0 aliphatic rings. The highest BCUT2D eigenvalue weighted by molar-refractivity contribution is 9.10. The third-order valence-electron chi connectivity index (χ3n) is 1.78. The standard InChI is InChI=1S/C8H8BrFN2O3S/c1-12-8(13)5-2-4(10)3-6(7(5)9)16(11,14)15/h2-3H,1H3,(H,12,13)(H2,11,14,15). The molecule has 5 nitrogen and oxygen atoms in total. The van der Waals surface area contributed by atoms with Gasteiger partial charge in [0.05, 0.1) is 14.9 Å². The molecule has 16 heavy (non-hydrogen) atoms. The van der Waals surface area contributed by atoms with E-state index < -0.39 is 26.6 Å². The first kappa shape index (κ1) is 13.1. The predicted octanol–water partition coefficient (Wildman–Crippen LogP) is 0.595. The topological polar surface area (TPSA) is 89.3 Å². The average molecular weight is 311 g/mol. The van der Waals surface area contributed by atoms with Crippen LogP contribution >= 0.6 is 15.9 Å². The number of nitrogens with two attached hydrogens (primary N) is 1. The first-order valence-electron chi connectivity index (χ1n) is 4.01. The lowest BCUT2D eigenvalue weighted by molar-refractivity contribution is 0.0961. The number of carbonyl (C=O) groups excluding carboxylic acids is 1. The van der Waals surface area contributed by atoms with Gasteiger partial charge in [0, 0.05) is 7.05 Å². The summed E-state index contributed by atoms with van der Waals surface area (Å²) >= 11 is 2.91. The monoisotopic (exact) mass is 310 g/mol. The number of hydrogen-bond donors (Lipinski definition) is 2. The third-order valence-corrected chi connectivity index (χ3v) is 3.83. The van der Waals surface area contributed by atoms with E-state index in [9.17, 15) is 17.6 Å². The molecule has 0 fully saturated rings. The quantitative estimate of drug-likeness (QED) is 0.838. The van der Waals surface area contributed by atoms with Crippen molar-refractivity contribution in [3.8, 4) is 0 Å². The second kappa shape index (κ2) is 4.48. The highest BCUT2D eigenvalue weighted by Gasteiger charge is 2.20. The number of rotatable bonds is 2. The van der Waals surface area contributed by atoms with Crippen molar-refractivity contribution in [2.24, 2.45) is 5.14 Å². The van der Waals surface area contributed by atoms with Gasteiger partial charge in [-0.1, -0.05) is 0 Å². The van der Waals surface area contributed by atoms with Crippen LogP contribution in [-0.2, 0) is 10.0 Å². The van der Waals surface area contributed by atoms with Gasteiger partial charge in [-0.2, -0.15) is 0 Å². The fourth-order valence-corrected chi connectivity index (χ4v) is 2.79. The Labute approximate surface area is 100 Å². The summed E-state index contributed by atoms with van der Waals surface area (Å²) in [5, 5.41) is 7.14. The van der Waals surface area contributed by atoms with E-state index in [1.54, 1.807) is 0 Å². The molecule has 0 bridgehead atoms. The van der Waals surface area contributed by atoms with Crippen LogP contribution in [0, 0.1) is 5.82 Å². The summed E-state index contributed by atoms with van der Waals surface area (Å²) in [6.45, 7) is 0. The number of primary sulfonamides is 1. The zero-order valence-corrected chi connectivity index (χ0v) is 10.5. The fraction of sp³-hybridized carbons (Fsp3) is 0.125. The number of benzene rings is 1. The van der Waals surface area contributed by atoms with Crippen LogP contribution in [0.1, 0.15) is 10.4 Å². The van der Waals surface area contributed by atoms with Gasteiger partial charge in [-0.25, -0.2) is 17.9 Å². The number of nitrogens with one attached hydrogen (secondary N) is 1. The van der Waals surface area contributed by atoms with Crippen molar-refractivity contribution in [1.82, 2.24) is 5.32 Å². The lowest BCUT2D eigenvalue weighted by Gasteiger charge is -2.07. The van der Waals surface area contributed by atoms with E-state index in [1.165, 1.54) is 7.05 Å². The second-order valence-corrected chi connectivity index (χ2v) is 5.21. The maximum atomic E-state index is 13.1. The largest absolute Gasteiger partial charge is 0.355 e. The summed E-state index contributed by atoms with van der Waals surface area (Å²) in [7, 11) is -2.74. The Morgan fingerprint density at radius 3 is 2.50 bits per heavy atom. The van der Waals surface area contributed by atoms with Crippen LogP contribution in [0.3, 0.4) is 0 Å². The summed E-state index contributed by atoms with van der Waals surface area (Å²) in [6.07, 6.45) is 0. The van der Waals surface area contributed by atoms with Gasteiger partial charge in [0.1, 0.15) is 5.82 Å². The van der Waals surface area contributed by atoms with E-state index >= 15 is 0 Å². The predicted molar refractivity (Wildman–Crippen MR) is 58.9 cm³/mol. The number of amides is 1. The Kier molecular flexibility index (Phi) is 3.66. The Morgan fingerprint density at radius 1 is 1.50 bits per heavy atom. The smallest absolute Gasteiger partial charge is 0.252 e. The number of hydrogen-bond acceptors (Lipinski definition) is 3. The normalized spacial score (nSPS) is 11.2. The maximum absolute atomic E-state index is 13.1. The van der Waals surface area contributed by atoms with Gasteiger partial charge in [-0.3, -0.25) is 4.79 Å². The molecule has 0 aromatic heterocycles. The Morgan fingerprint density at radius 2 is 2.06 bits per heavy atom. The Hall–Kier alpha value is -0.990. The molecule has 0 saturated carbocycles. The zero-order valence-electron chi connectivity index (χ0n) is 8.12. The highest BCUT2D eigenvalue weighted by atomic mass is 79.9. The fourth-order valence-electron chi connectivity index (χ4n) is 1.07. The summed E-state index contributed by atoms with van der Waals surface area (Å²) in [6, 6.07) is 1.66. The average Bonchev–Trinajstić information content (AvgIpc) is 2.18. The molecule has 0 heterocycles. The molecule has 1 rings (SSSR count).